The summed E-state index contributed by atoms with van der Waals surface area (Å²) >= 11 is 0. The minimum Gasteiger partial charge on any atom is -0.493 e. The second-order valence-electron chi connectivity index (χ2n) is 8.90. The van der Waals surface area contributed by atoms with Gasteiger partial charge in [0.15, 0.2) is 6.54 Å². The molecule has 0 spiro atoms. The highest BCUT2D eigenvalue weighted by Crippen LogP contribution is 2.24. The highest BCUT2D eigenvalue weighted by molar-refractivity contribution is 5.77. The Morgan fingerprint density at radius 1 is 1.18 bits per heavy atom. The lowest BCUT2D eigenvalue weighted by Gasteiger charge is -2.33. The predicted octanol–water partition coefficient (Wildman–Crippen LogP) is 3.60. The first-order valence-electron chi connectivity index (χ1n) is 10.7. The molecule has 0 aromatic heterocycles. The number of carbonyl (C=O) groups is 1. The number of ether oxygens (including phenoxy) is 2. The third kappa shape index (κ3) is 7.44. The van der Waals surface area contributed by atoms with Gasteiger partial charge in [-0.1, -0.05) is 26.0 Å². The van der Waals surface area contributed by atoms with Crippen molar-refractivity contribution in [1.82, 2.24) is 4.90 Å². The normalized spacial score (nSPS) is 15.1. The largest absolute Gasteiger partial charge is 0.493 e. The van der Waals surface area contributed by atoms with Crippen LogP contribution in [-0.4, -0.2) is 75.4 Å². The van der Waals surface area contributed by atoms with Gasteiger partial charge in [0.2, 0.25) is 0 Å². The molecule has 1 fully saturated rings. The molecule has 1 saturated heterocycles. The van der Waals surface area contributed by atoms with Crippen LogP contribution in [0.2, 0.25) is 0 Å². The smallest absolute Gasteiger partial charge is 0.277 e. The van der Waals surface area contributed by atoms with Gasteiger partial charge in [0.05, 0.1) is 40.5 Å². The number of amides is 1. The molecule has 0 atom stereocenters. The van der Waals surface area contributed by atoms with Crippen molar-refractivity contribution < 1.29 is 18.8 Å². The van der Waals surface area contributed by atoms with Gasteiger partial charge in [0.1, 0.15) is 5.75 Å². The number of carbonyl (C=O) groups excluding carboxylic acids is 1. The van der Waals surface area contributed by atoms with E-state index in [0.29, 0.717) is 25.7 Å². The van der Waals surface area contributed by atoms with Gasteiger partial charge < -0.3 is 18.9 Å². The summed E-state index contributed by atoms with van der Waals surface area (Å²) < 4.78 is 12.1. The van der Waals surface area contributed by atoms with E-state index in [1.807, 2.05) is 4.90 Å². The van der Waals surface area contributed by atoms with Crippen molar-refractivity contribution in [3.63, 3.8) is 0 Å². The summed E-state index contributed by atoms with van der Waals surface area (Å²) in [6.45, 7) is 11.6. The molecule has 1 aliphatic heterocycles. The Hall–Kier alpha value is -1.59. The number of quaternary nitrogens is 1. The SMILES string of the molecule is Cc1ccc(C(C)C)cc1OCCCCC[N+](C)(C)CC(=O)N1CCOCC1. The van der Waals surface area contributed by atoms with E-state index in [1.54, 1.807) is 0 Å². The molecule has 0 N–H and O–H groups in total. The zero-order chi connectivity index (χ0) is 20.6. The summed E-state index contributed by atoms with van der Waals surface area (Å²) in [6.07, 6.45) is 3.27. The van der Waals surface area contributed by atoms with Crippen LogP contribution in [0.4, 0.5) is 0 Å². The molecule has 1 aliphatic rings. The van der Waals surface area contributed by atoms with Gasteiger partial charge in [0.25, 0.3) is 5.91 Å². The highest BCUT2D eigenvalue weighted by atomic mass is 16.5. The van der Waals surface area contributed by atoms with Gasteiger partial charge in [0, 0.05) is 13.1 Å². The number of hydrogen-bond donors (Lipinski definition) is 0. The molecule has 0 radical (unpaired) electrons. The Kier molecular flexibility index (Phi) is 8.77. The Morgan fingerprint density at radius 2 is 1.89 bits per heavy atom. The molecule has 5 heteroatoms. The lowest BCUT2D eigenvalue weighted by atomic mass is 10.0. The van der Waals surface area contributed by atoms with E-state index in [2.05, 4.69) is 53.1 Å². The zero-order valence-corrected chi connectivity index (χ0v) is 18.5. The van der Waals surface area contributed by atoms with Crippen LogP contribution in [0.1, 0.15) is 50.2 Å². The summed E-state index contributed by atoms with van der Waals surface area (Å²) in [5.41, 5.74) is 2.52. The summed E-state index contributed by atoms with van der Waals surface area (Å²) in [5, 5.41) is 0. The molecule has 1 aromatic rings. The maximum atomic E-state index is 12.4. The lowest BCUT2D eigenvalue weighted by molar-refractivity contribution is -0.883. The monoisotopic (exact) mass is 391 g/mol. The summed E-state index contributed by atoms with van der Waals surface area (Å²) in [5.74, 6) is 1.78. The zero-order valence-electron chi connectivity index (χ0n) is 18.5. The molecule has 1 aromatic carbocycles. The van der Waals surface area contributed by atoms with Crippen molar-refractivity contribution in [2.45, 2.75) is 46.0 Å². The van der Waals surface area contributed by atoms with Gasteiger partial charge in [-0.05, 0) is 49.3 Å². The quantitative estimate of drug-likeness (QED) is 0.452. The van der Waals surface area contributed by atoms with Crippen LogP contribution in [0.15, 0.2) is 18.2 Å². The number of benzene rings is 1. The standard InChI is InChI=1S/C23H39N2O3/c1-19(2)21-10-9-20(3)22(17-21)28-14-8-6-7-13-25(4,5)18-23(26)24-11-15-27-16-12-24/h9-10,17,19H,6-8,11-16,18H2,1-5H3/q+1. The van der Waals surface area contributed by atoms with E-state index in [1.165, 1.54) is 11.1 Å². The fourth-order valence-corrected chi connectivity index (χ4v) is 3.49. The third-order valence-corrected chi connectivity index (χ3v) is 5.47. The molecule has 0 unspecified atom stereocenters. The number of hydrogen-bond acceptors (Lipinski definition) is 3. The molecule has 2 rings (SSSR count). The van der Waals surface area contributed by atoms with Gasteiger partial charge in [-0.2, -0.15) is 0 Å². The Morgan fingerprint density at radius 3 is 2.57 bits per heavy atom. The molecule has 0 aliphatic carbocycles. The molecular formula is C23H39N2O3+. The van der Waals surface area contributed by atoms with E-state index in [0.717, 1.165) is 55.7 Å². The molecule has 28 heavy (non-hydrogen) atoms. The average Bonchev–Trinajstić information content (AvgIpc) is 2.66. The number of morpholine rings is 1. The van der Waals surface area contributed by atoms with Crippen LogP contribution in [0.25, 0.3) is 0 Å². The van der Waals surface area contributed by atoms with Crippen LogP contribution in [0.3, 0.4) is 0 Å². The minimum atomic E-state index is 0.247. The van der Waals surface area contributed by atoms with E-state index >= 15 is 0 Å². The Labute approximate surface area is 171 Å². The average molecular weight is 392 g/mol. The van der Waals surface area contributed by atoms with Crippen LogP contribution in [-0.2, 0) is 9.53 Å². The van der Waals surface area contributed by atoms with Gasteiger partial charge in [-0.15, -0.1) is 0 Å². The van der Waals surface area contributed by atoms with Crippen molar-refractivity contribution in [1.29, 1.82) is 0 Å². The Balaban J connectivity index is 1.65. The number of rotatable bonds is 10. The third-order valence-electron chi connectivity index (χ3n) is 5.47. The predicted molar refractivity (Wildman–Crippen MR) is 114 cm³/mol. The second-order valence-corrected chi connectivity index (χ2v) is 8.90. The fourth-order valence-electron chi connectivity index (χ4n) is 3.49. The van der Waals surface area contributed by atoms with E-state index in [9.17, 15) is 4.79 Å². The highest BCUT2D eigenvalue weighted by Gasteiger charge is 2.25. The lowest BCUT2D eigenvalue weighted by Crippen LogP contribution is -2.51. The molecular weight excluding hydrogens is 352 g/mol. The van der Waals surface area contributed by atoms with Crippen molar-refractivity contribution in [2.75, 3.05) is 60.1 Å². The van der Waals surface area contributed by atoms with Crippen LogP contribution in [0, 0.1) is 6.92 Å². The first kappa shape index (κ1) is 22.7. The van der Waals surface area contributed by atoms with Gasteiger partial charge in [-0.3, -0.25) is 4.79 Å². The maximum Gasteiger partial charge on any atom is 0.277 e. The van der Waals surface area contributed by atoms with E-state index in [-0.39, 0.29) is 5.91 Å². The molecule has 5 nitrogen and oxygen atoms in total. The van der Waals surface area contributed by atoms with Crippen LogP contribution >= 0.6 is 0 Å². The number of unbranched alkanes of at least 4 members (excludes halogenated alkanes) is 2. The summed E-state index contributed by atoms with van der Waals surface area (Å²) in [6, 6.07) is 6.51. The van der Waals surface area contributed by atoms with Gasteiger partial charge in [-0.25, -0.2) is 0 Å². The minimum absolute atomic E-state index is 0.247. The van der Waals surface area contributed by atoms with Crippen molar-refractivity contribution in [3.8, 4) is 5.75 Å². The number of nitrogens with zero attached hydrogens (tertiary/aromatic N) is 2. The van der Waals surface area contributed by atoms with Crippen molar-refractivity contribution in [3.05, 3.63) is 29.3 Å². The Bertz CT molecular complexity index is 622. The van der Waals surface area contributed by atoms with E-state index < -0.39 is 0 Å². The second kappa shape index (κ2) is 10.8. The van der Waals surface area contributed by atoms with E-state index in [4.69, 9.17) is 9.47 Å². The van der Waals surface area contributed by atoms with Crippen LogP contribution in [0.5, 0.6) is 5.75 Å². The van der Waals surface area contributed by atoms with Crippen molar-refractivity contribution >= 4 is 5.91 Å². The summed E-state index contributed by atoms with van der Waals surface area (Å²) in [7, 11) is 4.30. The van der Waals surface area contributed by atoms with Crippen LogP contribution < -0.4 is 4.74 Å². The molecule has 0 bridgehead atoms. The first-order valence-corrected chi connectivity index (χ1v) is 10.7. The topological polar surface area (TPSA) is 38.8 Å². The fraction of sp³-hybridized carbons (Fsp3) is 0.696. The molecule has 1 amide bonds. The molecule has 1 heterocycles. The van der Waals surface area contributed by atoms with Crippen molar-refractivity contribution in [2.24, 2.45) is 0 Å². The summed E-state index contributed by atoms with van der Waals surface area (Å²) in [4.78, 5) is 14.4. The number of likely N-dealkylation sites (N-methyl/N-ethyl adjacent to an activating group) is 1. The maximum absolute atomic E-state index is 12.4. The first-order chi connectivity index (χ1) is 13.3. The molecule has 0 saturated carbocycles. The van der Waals surface area contributed by atoms with Gasteiger partial charge >= 0.3 is 0 Å². The number of aryl methyl sites for hydroxylation is 1. The molecule has 158 valence electrons.